The first-order valence-corrected chi connectivity index (χ1v) is 5.68. The second-order valence-corrected chi connectivity index (χ2v) is 3.92. The van der Waals surface area contributed by atoms with E-state index in [2.05, 4.69) is 5.16 Å². The molecule has 0 fully saturated rings. The Morgan fingerprint density at radius 1 is 1.00 bits per heavy atom. The van der Waals surface area contributed by atoms with Crippen molar-refractivity contribution in [3.63, 3.8) is 0 Å². The van der Waals surface area contributed by atoms with Crippen molar-refractivity contribution in [3.05, 3.63) is 70.7 Å². The van der Waals surface area contributed by atoms with E-state index in [-0.39, 0.29) is 0 Å². The van der Waals surface area contributed by atoms with E-state index in [0.717, 1.165) is 11.1 Å². The number of oxime groups is 1. The van der Waals surface area contributed by atoms with Crippen molar-refractivity contribution in [2.75, 3.05) is 0 Å². The number of rotatable bonds is 4. The summed E-state index contributed by atoms with van der Waals surface area (Å²) < 4.78 is 0. The molecule has 0 radical (unpaired) electrons. The van der Waals surface area contributed by atoms with Crippen molar-refractivity contribution in [2.45, 2.75) is 6.61 Å². The Morgan fingerprint density at radius 3 is 2.47 bits per heavy atom. The number of benzene rings is 2. The number of halogens is 1. The van der Waals surface area contributed by atoms with Crippen LogP contribution < -0.4 is 0 Å². The molecule has 3 heteroatoms. The maximum atomic E-state index is 5.99. The molecule has 86 valence electrons. The predicted molar refractivity (Wildman–Crippen MR) is 70.3 cm³/mol. The zero-order valence-corrected chi connectivity index (χ0v) is 9.97. The number of hydrogen-bond acceptors (Lipinski definition) is 2. The molecule has 0 unspecified atom stereocenters. The van der Waals surface area contributed by atoms with Crippen LogP contribution in [0.4, 0.5) is 0 Å². The highest BCUT2D eigenvalue weighted by Crippen LogP contribution is 2.15. The molecule has 0 N–H and O–H groups in total. The highest BCUT2D eigenvalue weighted by Gasteiger charge is 1.97. The Labute approximate surface area is 105 Å². The average Bonchev–Trinajstić information content (AvgIpc) is 2.38. The van der Waals surface area contributed by atoms with Crippen molar-refractivity contribution >= 4 is 17.8 Å². The van der Waals surface area contributed by atoms with Gasteiger partial charge >= 0.3 is 0 Å². The number of nitrogens with zero attached hydrogens (tertiary/aromatic N) is 1. The average molecular weight is 246 g/mol. The van der Waals surface area contributed by atoms with E-state index in [9.17, 15) is 0 Å². The summed E-state index contributed by atoms with van der Waals surface area (Å²) in [7, 11) is 0. The summed E-state index contributed by atoms with van der Waals surface area (Å²) in [5, 5.41) is 4.59. The summed E-state index contributed by atoms with van der Waals surface area (Å²) in [6.07, 6.45) is 1.68. The van der Waals surface area contributed by atoms with E-state index < -0.39 is 0 Å². The minimum Gasteiger partial charge on any atom is -0.391 e. The van der Waals surface area contributed by atoms with Crippen LogP contribution in [0.2, 0.25) is 5.02 Å². The Kier molecular flexibility index (Phi) is 4.17. The van der Waals surface area contributed by atoms with Gasteiger partial charge < -0.3 is 4.84 Å². The smallest absolute Gasteiger partial charge is 0.143 e. The van der Waals surface area contributed by atoms with Gasteiger partial charge in [-0.25, -0.2) is 0 Å². The second kappa shape index (κ2) is 6.06. The minimum atomic E-state index is 0.378. The molecule has 0 saturated heterocycles. The van der Waals surface area contributed by atoms with Crippen LogP contribution in [0, 0.1) is 0 Å². The third-order valence-corrected chi connectivity index (χ3v) is 2.62. The van der Waals surface area contributed by atoms with Gasteiger partial charge in [0.05, 0.1) is 6.21 Å². The molecule has 17 heavy (non-hydrogen) atoms. The van der Waals surface area contributed by atoms with Gasteiger partial charge in [0.25, 0.3) is 0 Å². The van der Waals surface area contributed by atoms with Crippen LogP contribution >= 0.6 is 11.6 Å². The summed E-state index contributed by atoms with van der Waals surface area (Å²) in [6, 6.07) is 17.4. The lowest BCUT2D eigenvalue weighted by Gasteiger charge is -2.01. The largest absolute Gasteiger partial charge is 0.391 e. The Bertz CT molecular complexity index is 497. The molecule has 2 nitrogen and oxygen atoms in total. The van der Waals surface area contributed by atoms with Gasteiger partial charge in [-0.2, -0.15) is 0 Å². The zero-order valence-electron chi connectivity index (χ0n) is 9.21. The van der Waals surface area contributed by atoms with Crippen LogP contribution in [0.1, 0.15) is 11.1 Å². The SMILES string of the molecule is Clc1ccccc1CO/N=C/c1ccccc1. The maximum Gasteiger partial charge on any atom is 0.143 e. The molecule has 2 rings (SSSR count). The molecule has 0 aliphatic rings. The summed E-state index contributed by atoms with van der Waals surface area (Å²) in [5.74, 6) is 0. The van der Waals surface area contributed by atoms with Gasteiger partial charge in [-0.1, -0.05) is 65.3 Å². The van der Waals surface area contributed by atoms with Crippen LogP contribution in [0.3, 0.4) is 0 Å². The fourth-order valence-corrected chi connectivity index (χ4v) is 1.55. The molecular weight excluding hydrogens is 234 g/mol. The van der Waals surface area contributed by atoms with Crippen LogP contribution in [0.5, 0.6) is 0 Å². The predicted octanol–water partition coefficient (Wildman–Crippen LogP) is 3.89. The first-order valence-electron chi connectivity index (χ1n) is 5.30. The van der Waals surface area contributed by atoms with E-state index >= 15 is 0 Å². The third kappa shape index (κ3) is 3.61. The van der Waals surface area contributed by atoms with E-state index in [1.807, 2.05) is 54.6 Å². The first kappa shape index (κ1) is 11.7. The Hall–Kier alpha value is -1.80. The van der Waals surface area contributed by atoms with Crippen LogP contribution in [0.25, 0.3) is 0 Å². The zero-order chi connectivity index (χ0) is 11.9. The summed E-state index contributed by atoms with van der Waals surface area (Å²) in [5.41, 5.74) is 1.94. The van der Waals surface area contributed by atoms with Gasteiger partial charge in [0.15, 0.2) is 0 Å². The molecule has 0 saturated carbocycles. The second-order valence-electron chi connectivity index (χ2n) is 3.51. The van der Waals surface area contributed by atoms with Gasteiger partial charge in [-0.3, -0.25) is 0 Å². The van der Waals surface area contributed by atoms with Crippen LogP contribution in [0.15, 0.2) is 59.8 Å². The molecule has 0 heterocycles. The van der Waals surface area contributed by atoms with Crippen molar-refractivity contribution < 1.29 is 4.84 Å². The maximum absolute atomic E-state index is 5.99. The van der Waals surface area contributed by atoms with E-state index in [0.29, 0.717) is 11.6 Å². The molecule has 0 bridgehead atoms. The quantitative estimate of drug-likeness (QED) is 0.592. The van der Waals surface area contributed by atoms with Crippen molar-refractivity contribution in [1.29, 1.82) is 0 Å². The molecule has 0 atom stereocenters. The highest BCUT2D eigenvalue weighted by atomic mass is 35.5. The Balaban J connectivity index is 1.88. The monoisotopic (exact) mass is 245 g/mol. The van der Waals surface area contributed by atoms with E-state index in [1.165, 1.54) is 0 Å². The lowest BCUT2D eigenvalue weighted by atomic mass is 10.2. The van der Waals surface area contributed by atoms with Gasteiger partial charge in [-0.05, 0) is 11.6 Å². The van der Waals surface area contributed by atoms with Gasteiger partial charge in [0.1, 0.15) is 6.61 Å². The van der Waals surface area contributed by atoms with Gasteiger partial charge in [0, 0.05) is 10.6 Å². The minimum absolute atomic E-state index is 0.378. The fourth-order valence-electron chi connectivity index (χ4n) is 1.36. The standard InChI is InChI=1S/C14H12ClNO/c15-14-9-5-4-8-13(14)11-17-16-10-12-6-2-1-3-7-12/h1-10H,11H2/b16-10+. The van der Waals surface area contributed by atoms with E-state index in [1.54, 1.807) is 6.21 Å². The summed E-state index contributed by atoms with van der Waals surface area (Å²) in [6.45, 7) is 0.378. The molecule has 0 amide bonds. The molecule has 0 spiro atoms. The molecule has 0 aliphatic heterocycles. The van der Waals surface area contributed by atoms with Crippen molar-refractivity contribution in [3.8, 4) is 0 Å². The van der Waals surface area contributed by atoms with Crippen molar-refractivity contribution in [2.24, 2.45) is 5.16 Å². The van der Waals surface area contributed by atoms with E-state index in [4.69, 9.17) is 16.4 Å². The summed E-state index contributed by atoms with van der Waals surface area (Å²) >= 11 is 5.99. The summed E-state index contributed by atoms with van der Waals surface area (Å²) in [4.78, 5) is 5.19. The van der Waals surface area contributed by atoms with Crippen molar-refractivity contribution in [1.82, 2.24) is 0 Å². The molecule has 2 aromatic carbocycles. The topological polar surface area (TPSA) is 21.6 Å². The molecule has 0 aromatic heterocycles. The molecular formula is C14H12ClNO. The van der Waals surface area contributed by atoms with Crippen LogP contribution in [-0.4, -0.2) is 6.21 Å². The Morgan fingerprint density at radius 2 is 1.71 bits per heavy atom. The van der Waals surface area contributed by atoms with Crippen LogP contribution in [-0.2, 0) is 11.4 Å². The first-order chi connectivity index (χ1) is 8.36. The molecule has 0 aliphatic carbocycles. The molecule has 2 aromatic rings. The highest BCUT2D eigenvalue weighted by molar-refractivity contribution is 6.31. The third-order valence-electron chi connectivity index (χ3n) is 2.25. The van der Waals surface area contributed by atoms with Gasteiger partial charge in [0.2, 0.25) is 0 Å². The fraction of sp³-hybridized carbons (Fsp3) is 0.0714. The lowest BCUT2D eigenvalue weighted by molar-refractivity contribution is 0.132. The normalized spacial score (nSPS) is 10.6. The van der Waals surface area contributed by atoms with Gasteiger partial charge in [-0.15, -0.1) is 0 Å². The number of hydrogen-bond donors (Lipinski definition) is 0. The lowest BCUT2D eigenvalue weighted by Crippen LogP contribution is -1.89.